The molecule has 0 aliphatic rings. The molecule has 0 aromatic rings. The number of hydrogen-bond donors (Lipinski definition) is 0. The summed E-state index contributed by atoms with van der Waals surface area (Å²) < 4.78 is 5.68. The van der Waals surface area contributed by atoms with Crippen LogP contribution in [0.1, 0.15) is 47.5 Å². The van der Waals surface area contributed by atoms with Gasteiger partial charge in [-0.25, -0.2) is 0 Å². The van der Waals surface area contributed by atoms with Crippen LogP contribution < -0.4 is 0 Å². The summed E-state index contributed by atoms with van der Waals surface area (Å²) in [6.07, 6.45) is 3.00. The van der Waals surface area contributed by atoms with Gasteiger partial charge >= 0.3 is 0 Å². The van der Waals surface area contributed by atoms with E-state index in [0.29, 0.717) is 11.4 Å². The number of rotatable bonds is 5. The van der Waals surface area contributed by atoms with E-state index in [1.807, 2.05) is 0 Å². The molecule has 2 heteroatoms. The fourth-order valence-corrected chi connectivity index (χ4v) is 1.41. The summed E-state index contributed by atoms with van der Waals surface area (Å²) >= 11 is 0. The van der Waals surface area contributed by atoms with Crippen molar-refractivity contribution in [3.8, 4) is 0 Å². The molecule has 0 N–H and O–H groups in total. The van der Waals surface area contributed by atoms with Crippen molar-refractivity contribution in [2.45, 2.75) is 58.9 Å². The Kier molecular flexibility index (Phi) is 4.82. The van der Waals surface area contributed by atoms with Crippen molar-refractivity contribution in [1.82, 2.24) is 0 Å². The Morgan fingerprint density at radius 2 is 1.91 bits per heavy atom. The molecule has 0 rings (SSSR count). The quantitative estimate of drug-likeness (QED) is 0.557. The zero-order valence-electron chi connectivity index (χ0n) is 8.90. The fourth-order valence-electron chi connectivity index (χ4n) is 1.41. The molecule has 68 valence electrons. The van der Waals surface area contributed by atoms with Crippen LogP contribution in [0.5, 0.6) is 0 Å². The predicted octanol–water partition coefficient (Wildman–Crippen LogP) is 2.49. The Hall–Kier alpha value is 0.0249. The Bertz CT molecular complexity index is 99.7. The van der Waals surface area contributed by atoms with Crippen LogP contribution in [-0.4, -0.2) is 13.6 Å². The molecule has 0 saturated carbocycles. The third-order valence-electron chi connectivity index (χ3n) is 2.14. The second kappa shape index (κ2) is 4.81. The molecule has 0 aliphatic carbocycles. The van der Waals surface area contributed by atoms with Gasteiger partial charge < -0.3 is 4.65 Å². The molecule has 1 nitrogen and oxygen atoms in total. The van der Waals surface area contributed by atoms with Crippen molar-refractivity contribution >= 4 is 7.48 Å². The van der Waals surface area contributed by atoms with Gasteiger partial charge in [0.2, 0.25) is 0 Å². The molecule has 11 heavy (non-hydrogen) atoms. The topological polar surface area (TPSA) is 9.23 Å². The zero-order valence-corrected chi connectivity index (χ0v) is 8.90. The van der Waals surface area contributed by atoms with Gasteiger partial charge in [0.25, 0.3) is 0 Å². The Labute approximate surface area is 71.8 Å². The predicted molar refractivity (Wildman–Crippen MR) is 53.7 cm³/mol. The molecule has 0 aromatic carbocycles. The maximum Gasteiger partial charge on any atom is 0.0893 e. The van der Waals surface area contributed by atoms with Crippen molar-refractivity contribution in [3.63, 3.8) is 0 Å². The van der Waals surface area contributed by atoms with Gasteiger partial charge in [-0.1, -0.05) is 33.6 Å². The largest absolute Gasteiger partial charge is 0.594 e. The van der Waals surface area contributed by atoms with Crippen molar-refractivity contribution in [3.05, 3.63) is 0 Å². The summed E-state index contributed by atoms with van der Waals surface area (Å²) in [5, 5.41) is 0.485. The van der Waals surface area contributed by atoms with Crippen molar-refractivity contribution < 1.29 is 4.65 Å². The van der Waals surface area contributed by atoms with Crippen LogP contribution in [0.2, 0.25) is 5.31 Å². The molecule has 0 aliphatic heterocycles. The van der Waals surface area contributed by atoms with Crippen molar-refractivity contribution in [1.29, 1.82) is 0 Å². The van der Waals surface area contributed by atoms with E-state index in [2.05, 4.69) is 34.6 Å². The fraction of sp³-hybridized carbons (Fsp3) is 1.00. The minimum absolute atomic E-state index is 0.199. The van der Waals surface area contributed by atoms with Crippen LogP contribution in [0, 0.1) is 0 Å². The molecule has 0 radical (unpaired) electrons. The Balaban J connectivity index is 3.54. The van der Waals surface area contributed by atoms with Gasteiger partial charge in [0.15, 0.2) is 0 Å². The number of hydrogen-bond acceptors (Lipinski definition) is 1. The highest BCUT2D eigenvalue weighted by molar-refractivity contribution is 6.31. The molecule has 0 saturated heterocycles. The van der Waals surface area contributed by atoms with Gasteiger partial charge in [0.05, 0.1) is 7.48 Å². The lowest BCUT2D eigenvalue weighted by molar-refractivity contribution is 0.241. The first-order valence-corrected chi connectivity index (χ1v) is 4.86. The summed E-state index contributed by atoms with van der Waals surface area (Å²) in [7, 11) is -0.199. The summed E-state index contributed by atoms with van der Waals surface area (Å²) in [5.74, 6) is 0. The van der Waals surface area contributed by atoms with E-state index in [9.17, 15) is 0 Å². The highest BCUT2D eigenvalue weighted by atomic mass is 16.4. The lowest BCUT2D eigenvalue weighted by Gasteiger charge is -2.32. The summed E-state index contributed by atoms with van der Waals surface area (Å²) in [6, 6.07) is 0. The molecule has 0 spiro atoms. The van der Waals surface area contributed by atoms with Gasteiger partial charge in [-0.05, 0) is 13.8 Å². The Morgan fingerprint density at radius 1 is 1.36 bits per heavy atom. The van der Waals surface area contributed by atoms with Gasteiger partial charge in [-0.15, -0.1) is 5.31 Å². The van der Waals surface area contributed by atoms with E-state index in [1.54, 1.807) is 0 Å². The minimum Gasteiger partial charge on any atom is -0.594 e. The van der Waals surface area contributed by atoms with Gasteiger partial charge in [0, 0.05) is 6.10 Å². The summed E-state index contributed by atoms with van der Waals surface area (Å²) in [4.78, 5) is 0. The molecule has 0 amide bonds. The van der Waals surface area contributed by atoms with Crippen LogP contribution in [0.25, 0.3) is 0 Å². The zero-order chi connectivity index (χ0) is 8.91. The highest BCUT2D eigenvalue weighted by Gasteiger charge is 2.10. The van der Waals surface area contributed by atoms with Crippen LogP contribution >= 0.6 is 0 Å². The SMILES string of the molecule is CCCC(C)(C)[BH2-]OC(C)C. The van der Waals surface area contributed by atoms with Crippen LogP contribution in [0.4, 0.5) is 0 Å². The molecule has 0 atom stereocenters. The molecular formula is C9H22BO-. The van der Waals surface area contributed by atoms with E-state index in [-0.39, 0.29) is 7.48 Å². The van der Waals surface area contributed by atoms with E-state index in [4.69, 9.17) is 4.65 Å². The monoisotopic (exact) mass is 157 g/mol. The molecular weight excluding hydrogens is 135 g/mol. The van der Waals surface area contributed by atoms with Gasteiger partial charge in [-0.2, -0.15) is 0 Å². The van der Waals surface area contributed by atoms with E-state index in [0.717, 1.165) is 0 Å². The van der Waals surface area contributed by atoms with E-state index < -0.39 is 0 Å². The Morgan fingerprint density at radius 3 is 2.27 bits per heavy atom. The van der Waals surface area contributed by atoms with Gasteiger partial charge in [0.1, 0.15) is 0 Å². The second-order valence-corrected chi connectivity index (χ2v) is 4.80. The normalized spacial score (nSPS) is 12.5. The third kappa shape index (κ3) is 6.42. The molecule has 0 aromatic heterocycles. The summed E-state index contributed by atoms with van der Waals surface area (Å²) in [6.45, 7) is 11.1. The first-order chi connectivity index (χ1) is 4.98. The highest BCUT2D eigenvalue weighted by Crippen LogP contribution is 2.29. The average Bonchev–Trinajstić information content (AvgIpc) is 1.84. The van der Waals surface area contributed by atoms with Crippen LogP contribution in [-0.2, 0) is 4.65 Å². The lowest BCUT2D eigenvalue weighted by Crippen LogP contribution is -2.19. The maximum absolute atomic E-state index is 5.68. The summed E-state index contributed by atoms with van der Waals surface area (Å²) in [5.41, 5.74) is 0. The smallest absolute Gasteiger partial charge is 0.0893 e. The van der Waals surface area contributed by atoms with Crippen molar-refractivity contribution in [2.75, 3.05) is 0 Å². The second-order valence-electron chi connectivity index (χ2n) is 4.80. The third-order valence-corrected chi connectivity index (χ3v) is 2.14. The van der Waals surface area contributed by atoms with Crippen LogP contribution in [0.15, 0.2) is 0 Å². The molecule has 0 heterocycles. The first kappa shape index (κ1) is 11.0. The first-order valence-electron chi connectivity index (χ1n) is 4.86. The van der Waals surface area contributed by atoms with Gasteiger partial charge in [-0.3, -0.25) is 0 Å². The van der Waals surface area contributed by atoms with E-state index in [1.165, 1.54) is 12.8 Å². The average molecular weight is 157 g/mol. The molecule has 0 fully saturated rings. The maximum atomic E-state index is 5.68. The van der Waals surface area contributed by atoms with E-state index >= 15 is 0 Å². The molecule has 0 bridgehead atoms. The lowest BCUT2D eigenvalue weighted by atomic mass is 9.64. The van der Waals surface area contributed by atoms with Crippen LogP contribution in [0.3, 0.4) is 0 Å². The molecule has 0 unspecified atom stereocenters. The minimum atomic E-state index is -0.199. The standard InChI is InChI=1S/C9H22BO/c1-6-7-9(4,5)10-11-8(2)3/h8H,6-7,10H2,1-5H3/q-1. The van der Waals surface area contributed by atoms with Crippen molar-refractivity contribution in [2.24, 2.45) is 0 Å².